The van der Waals surface area contributed by atoms with E-state index in [1.54, 1.807) is 11.3 Å². The Labute approximate surface area is 80.0 Å². The number of thiophene rings is 1. The molecule has 0 fully saturated rings. The first-order valence-corrected chi connectivity index (χ1v) is 4.53. The smallest absolute Gasteiger partial charge is 0.370 e. The van der Waals surface area contributed by atoms with Gasteiger partial charge in [-0.2, -0.15) is 0 Å². The van der Waals surface area contributed by atoms with E-state index in [0.717, 1.165) is 15.3 Å². The summed E-state index contributed by atoms with van der Waals surface area (Å²) < 4.78 is 0. The molecule has 1 heterocycles. The molecule has 0 unspecified atom stereocenters. The standard InChI is InChI=1S/C9H10O3S/c1-5-3-7(6(2)13-5)4-8(10)9(11)12/h3-4,10H,1-2H3,(H,11,12). The predicted molar refractivity (Wildman–Crippen MR) is 52.0 cm³/mol. The van der Waals surface area contributed by atoms with E-state index in [2.05, 4.69) is 0 Å². The molecule has 0 spiro atoms. The van der Waals surface area contributed by atoms with E-state index < -0.39 is 11.7 Å². The van der Waals surface area contributed by atoms with Gasteiger partial charge in [-0.3, -0.25) is 0 Å². The largest absolute Gasteiger partial charge is 0.502 e. The van der Waals surface area contributed by atoms with Gasteiger partial charge in [-0.15, -0.1) is 11.3 Å². The quantitative estimate of drug-likeness (QED) is 0.566. The highest BCUT2D eigenvalue weighted by Gasteiger charge is 2.06. The molecular weight excluding hydrogens is 188 g/mol. The molecule has 0 radical (unpaired) electrons. The van der Waals surface area contributed by atoms with Crippen molar-refractivity contribution < 1.29 is 15.0 Å². The Morgan fingerprint density at radius 3 is 2.46 bits per heavy atom. The lowest BCUT2D eigenvalue weighted by Crippen LogP contribution is -1.98. The molecule has 0 amide bonds. The van der Waals surface area contributed by atoms with Gasteiger partial charge in [0.2, 0.25) is 5.76 Å². The fourth-order valence-electron chi connectivity index (χ4n) is 1.00. The van der Waals surface area contributed by atoms with Crippen molar-refractivity contribution in [3.8, 4) is 0 Å². The highest BCUT2D eigenvalue weighted by atomic mass is 32.1. The number of aliphatic hydroxyl groups excluding tert-OH is 1. The lowest BCUT2D eigenvalue weighted by atomic mass is 10.2. The molecule has 1 aromatic rings. The average Bonchev–Trinajstić information content (AvgIpc) is 2.30. The van der Waals surface area contributed by atoms with Crippen molar-refractivity contribution in [3.63, 3.8) is 0 Å². The summed E-state index contributed by atoms with van der Waals surface area (Å²) in [4.78, 5) is 12.4. The van der Waals surface area contributed by atoms with Gasteiger partial charge in [0, 0.05) is 9.75 Å². The summed E-state index contributed by atoms with van der Waals surface area (Å²) in [7, 11) is 0. The van der Waals surface area contributed by atoms with Crippen molar-refractivity contribution in [3.05, 3.63) is 27.1 Å². The first kappa shape index (κ1) is 9.80. The van der Waals surface area contributed by atoms with Gasteiger partial charge in [0.25, 0.3) is 0 Å². The second-order valence-corrected chi connectivity index (χ2v) is 4.16. The van der Waals surface area contributed by atoms with E-state index in [-0.39, 0.29) is 0 Å². The van der Waals surface area contributed by atoms with Crippen LogP contribution in [0.5, 0.6) is 0 Å². The van der Waals surface area contributed by atoms with Gasteiger partial charge in [-0.25, -0.2) is 4.79 Å². The van der Waals surface area contributed by atoms with Gasteiger partial charge < -0.3 is 10.2 Å². The molecule has 0 aliphatic heterocycles. The van der Waals surface area contributed by atoms with Crippen LogP contribution in [0.1, 0.15) is 15.3 Å². The van der Waals surface area contributed by atoms with Crippen molar-refractivity contribution in [1.29, 1.82) is 0 Å². The number of aliphatic hydroxyl groups is 1. The Kier molecular flexibility index (Phi) is 2.72. The van der Waals surface area contributed by atoms with Crippen LogP contribution in [0.3, 0.4) is 0 Å². The number of hydrogen-bond acceptors (Lipinski definition) is 3. The van der Waals surface area contributed by atoms with Crippen molar-refractivity contribution in [2.45, 2.75) is 13.8 Å². The van der Waals surface area contributed by atoms with Crippen molar-refractivity contribution in [2.75, 3.05) is 0 Å². The first-order chi connectivity index (χ1) is 6.00. The maximum absolute atomic E-state index is 10.3. The van der Waals surface area contributed by atoms with E-state index in [9.17, 15) is 4.79 Å². The Hall–Kier alpha value is -1.29. The molecule has 0 saturated carbocycles. The minimum atomic E-state index is -1.30. The zero-order chi connectivity index (χ0) is 10.0. The summed E-state index contributed by atoms with van der Waals surface area (Å²) in [5, 5.41) is 17.4. The number of carboxylic acids is 1. The second-order valence-electron chi connectivity index (χ2n) is 2.70. The lowest BCUT2D eigenvalue weighted by Gasteiger charge is -1.91. The number of aryl methyl sites for hydroxylation is 2. The Bertz CT molecular complexity index is 363. The van der Waals surface area contributed by atoms with Crippen LogP contribution in [-0.2, 0) is 4.79 Å². The Morgan fingerprint density at radius 2 is 2.08 bits per heavy atom. The zero-order valence-electron chi connectivity index (χ0n) is 7.37. The summed E-state index contributed by atoms with van der Waals surface area (Å²) in [5.41, 5.74) is 0.766. The summed E-state index contributed by atoms with van der Waals surface area (Å²) in [6.07, 6.45) is 1.27. The van der Waals surface area contributed by atoms with E-state index >= 15 is 0 Å². The topological polar surface area (TPSA) is 57.5 Å². The van der Waals surface area contributed by atoms with E-state index in [0.29, 0.717) is 0 Å². The monoisotopic (exact) mass is 198 g/mol. The lowest BCUT2D eigenvalue weighted by molar-refractivity contribution is -0.135. The van der Waals surface area contributed by atoms with E-state index in [1.165, 1.54) is 6.08 Å². The Morgan fingerprint density at radius 1 is 1.46 bits per heavy atom. The molecule has 0 saturated heterocycles. The summed E-state index contributed by atoms with van der Waals surface area (Å²) in [5.74, 6) is -1.93. The maximum Gasteiger partial charge on any atom is 0.370 e. The van der Waals surface area contributed by atoms with Crippen molar-refractivity contribution in [2.24, 2.45) is 0 Å². The molecule has 0 aliphatic carbocycles. The summed E-state index contributed by atoms with van der Waals surface area (Å²) >= 11 is 1.57. The predicted octanol–water partition coefficient (Wildman–Crippen LogP) is 2.35. The first-order valence-electron chi connectivity index (χ1n) is 3.71. The number of hydrogen-bond donors (Lipinski definition) is 2. The van der Waals surface area contributed by atoms with Crippen molar-refractivity contribution in [1.82, 2.24) is 0 Å². The number of carboxylic acid groups (broad SMARTS) is 1. The minimum absolute atomic E-state index is 0.624. The van der Waals surface area contributed by atoms with Crippen LogP contribution < -0.4 is 0 Å². The normalized spacial score (nSPS) is 11.7. The van der Waals surface area contributed by atoms with Crippen LogP contribution >= 0.6 is 11.3 Å². The number of aliphatic carboxylic acids is 1. The summed E-state index contributed by atoms with van der Waals surface area (Å²) in [6, 6.07) is 1.85. The van der Waals surface area contributed by atoms with Crippen LogP contribution in [0, 0.1) is 13.8 Å². The fourth-order valence-corrected chi connectivity index (χ4v) is 1.91. The van der Waals surface area contributed by atoms with Crippen LogP contribution in [0.25, 0.3) is 6.08 Å². The minimum Gasteiger partial charge on any atom is -0.502 e. The zero-order valence-corrected chi connectivity index (χ0v) is 8.18. The van der Waals surface area contributed by atoms with E-state index in [4.69, 9.17) is 10.2 Å². The van der Waals surface area contributed by atoms with Gasteiger partial charge in [0.1, 0.15) is 0 Å². The third-order valence-electron chi connectivity index (χ3n) is 1.59. The molecule has 0 atom stereocenters. The highest BCUT2D eigenvalue weighted by Crippen LogP contribution is 2.22. The van der Waals surface area contributed by atoms with Crippen LogP contribution in [0.2, 0.25) is 0 Å². The van der Waals surface area contributed by atoms with Crippen LogP contribution in [-0.4, -0.2) is 16.2 Å². The number of carbonyl (C=O) groups is 1. The summed E-state index contributed by atoms with van der Waals surface area (Å²) in [6.45, 7) is 3.82. The van der Waals surface area contributed by atoms with Crippen LogP contribution in [0.4, 0.5) is 0 Å². The molecule has 0 aromatic carbocycles. The average molecular weight is 198 g/mol. The van der Waals surface area contributed by atoms with E-state index in [1.807, 2.05) is 19.9 Å². The molecule has 70 valence electrons. The van der Waals surface area contributed by atoms with Crippen LogP contribution in [0.15, 0.2) is 11.8 Å². The molecule has 0 aliphatic rings. The second kappa shape index (κ2) is 3.62. The van der Waals surface area contributed by atoms with Gasteiger partial charge in [0.05, 0.1) is 0 Å². The molecular formula is C9H10O3S. The molecule has 1 rings (SSSR count). The third kappa shape index (κ3) is 2.32. The van der Waals surface area contributed by atoms with Gasteiger partial charge >= 0.3 is 5.97 Å². The molecule has 13 heavy (non-hydrogen) atoms. The van der Waals surface area contributed by atoms with Crippen molar-refractivity contribution >= 4 is 23.4 Å². The molecule has 2 N–H and O–H groups in total. The fraction of sp³-hybridized carbons (Fsp3) is 0.222. The SMILES string of the molecule is Cc1cc(C=C(O)C(=O)O)c(C)s1. The highest BCUT2D eigenvalue weighted by molar-refractivity contribution is 7.12. The molecule has 4 heteroatoms. The van der Waals surface area contributed by atoms with Gasteiger partial charge in [-0.05, 0) is 31.6 Å². The maximum atomic E-state index is 10.3. The molecule has 3 nitrogen and oxygen atoms in total. The van der Waals surface area contributed by atoms with Gasteiger partial charge in [0.15, 0.2) is 0 Å². The number of rotatable bonds is 2. The van der Waals surface area contributed by atoms with Gasteiger partial charge in [-0.1, -0.05) is 0 Å². The Balaban J connectivity index is 3.03. The third-order valence-corrected chi connectivity index (χ3v) is 2.57. The molecule has 1 aromatic heterocycles. The molecule has 0 bridgehead atoms.